The number of carbonyl (C=O) groups is 2. The van der Waals surface area contributed by atoms with Crippen LogP contribution in [0.3, 0.4) is 0 Å². The zero-order valence-corrected chi connectivity index (χ0v) is 45.9. The van der Waals surface area contributed by atoms with E-state index in [1.807, 2.05) is 6.08 Å². The summed E-state index contributed by atoms with van der Waals surface area (Å²) in [5.74, 6) is -0.253. The second kappa shape index (κ2) is 50.5. The van der Waals surface area contributed by atoms with Crippen molar-refractivity contribution in [3.63, 3.8) is 0 Å². The molecule has 0 aromatic rings. The van der Waals surface area contributed by atoms with Gasteiger partial charge in [-0.2, -0.15) is 0 Å². The van der Waals surface area contributed by atoms with E-state index in [4.69, 9.17) is 14.2 Å². The lowest BCUT2D eigenvalue weighted by Crippen LogP contribution is -2.60. The van der Waals surface area contributed by atoms with Crippen LogP contribution in [0.5, 0.6) is 0 Å². The number of unbranched alkanes of at least 4 members (excludes halogenated alkanes) is 28. The summed E-state index contributed by atoms with van der Waals surface area (Å²) in [6, 6.07) is -0.838. The SMILES string of the molecule is CC/C=C/CC/C=C/CC/C=C/C(O)C(COC1OC(CO)C(O)C(O)C1O)NC(=O)CCCCCCCCCCCCCCCC/C=C\C/C=C\CCOC(=O)CCCCCCCCCCCCCCC. The highest BCUT2D eigenvalue weighted by Crippen LogP contribution is 2.23. The molecule has 7 unspecified atom stereocenters. The Balaban J connectivity index is 2.06. The molecule has 11 heteroatoms. The van der Waals surface area contributed by atoms with Gasteiger partial charge in [0.15, 0.2) is 6.29 Å². The van der Waals surface area contributed by atoms with E-state index in [2.05, 4.69) is 67.8 Å². The van der Waals surface area contributed by atoms with Crippen LogP contribution in [0, 0.1) is 0 Å². The molecule has 6 N–H and O–H groups in total. The Bertz CT molecular complexity index is 1380. The summed E-state index contributed by atoms with van der Waals surface area (Å²) in [7, 11) is 0. The highest BCUT2D eigenvalue weighted by atomic mass is 16.7. The number of hydrogen-bond donors (Lipinski definition) is 6. The lowest BCUT2D eigenvalue weighted by molar-refractivity contribution is -0.302. The normalized spacial score (nSPS) is 19.5. The van der Waals surface area contributed by atoms with E-state index in [9.17, 15) is 35.1 Å². The maximum Gasteiger partial charge on any atom is 0.305 e. The van der Waals surface area contributed by atoms with E-state index >= 15 is 0 Å². The van der Waals surface area contributed by atoms with Gasteiger partial charge in [0.2, 0.25) is 5.91 Å². The molecular formula is C61H109NO10. The molecule has 7 atom stereocenters. The van der Waals surface area contributed by atoms with Crippen molar-refractivity contribution >= 4 is 11.9 Å². The first-order valence-electron chi connectivity index (χ1n) is 29.6. The molecule has 0 spiro atoms. The van der Waals surface area contributed by atoms with E-state index in [1.165, 1.54) is 135 Å². The van der Waals surface area contributed by atoms with Crippen LogP contribution in [0.1, 0.15) is 251 Å². The first-order chi connectivity index (χ1) is 35.2. The standard InChI is InChI=1S/C61H109NO10/c1-3-5-7-9-11-13-15-25-29-33-37-41-45-49-57(66)70-50-46-42-38-34-30-27-24-22-20-18-16-17-19-21-23-26-28-32-36-40-44-48-56(65)62-53(52-71-61-60(69)59(68)58(67)55(51-63)72-61)54(64)47-43-39-35-31-14-12-10-8-6-4-2/h6,8,14,27,30-31,38,42-43,47,53-55,58-61,63-64,67-69H,3-5,7,9-13,15-26,28-29,32-37,39-41,44-46,48-52H2,1-2H3,(H,62,65)/b8-6+,30-27-,31-14+,42-38-,47-43+. The van der Waals surface area contributed by atoms with Gasteiger partial charge in [-0.3, -0.25) is 9.59 Å². The van der Waals surface area contributed by atoms with Gasteiger partial charge >= 0.3 is 5.97 Å². The molecule has 1 rings (SSSR count). The Morgan fingerprint density at radius 1 is 0.528 bits per heavy atom. The zero-order chi connectivity index (χ0) is 52.4. The predicted octanol–water partition coefficient (Wildman–Crippen LogP) is 13.4. The van der Waals surface area contributed by atoms with Crippen molar-refractivity contribution in [2.45, 2.75) is 294 Å². The van der Waals surface area contributed by atoms with Gasteiger partial charge in [-0.05, 0) is 70.6 Å². The summed E-state index contributed by atoms with van der Waals surface area (Å²) in [4.78, 5) is 25.0. The Hall–Kier alpha value is -2.64. The number of amides is 1. The molecule has 1 saturated heterocycles. The fourth-order valence-electron chi connectivity index (χ4n) is 8.96. The van der Waals surface area contributed by atoms with E-state index in [0.717, 1.165) is 89.9 Å². The summed E-state index contributed by atoms with van der Waals surface area (Å²) in [6.45, 7) is 4.08. The molecule has 1 fully saturated rings. The summed E-state index contributed by atoms with van der Waals surface area (Å²) in [6.07, 6.45) is 54.9. The minimum atomic E-state index is -1.58. The van der Waals surface area contributed by atoms with Gasteiger partial charge in [-0.25, -0.2) is 0 Å². The van der Waals surface area contributed by atoms with Gasteiger partial charge in [-0.1, -0.05) is 229 Å². The van der Waals surface area contributed by atoms with E-state index in [-0.39, 0.29) is 18.5 Å². The third-order valence-electron chi connectivity index (χ3n) is 13.6. The highest BCUT2D eigenvalue weighted by Gasteiger charge is 2.44. The number of allylic oxidation sites excluding steroid dienone is 8. The molecular weight excluding hydrogens is 907 g/mol. The van der Waals surface area contributed by atoms with Gasteiger partial charge in [0, 0.05) is 12.8 Å². The highest BCUT2D eigenvalue weighted by molar-refractivity contribution is 5.76. The largest absolute Gasteiger partial charge is 0.465 e. The summed E-state index contributed by atoms with van der Waals surface area (Å²) < 4.78 is 16.6. The minimum absolute atomic E-state index is 0.0486. The van der Waals surface area contributed by atoms with Crippen LogP contribution in [-0.2, 0) is 23.8 Å². The first-order valence-corrected chi connectivity index (χ1v) is 29.6. The van der Waals surface area contributed by atoms with Crippen LogP contribution < -0.4 is 5.32 Å². The second-order valence-electron chi connectivity index (χ2n) is 20.3. The molecule has 0 bridgehead atoms. The van der Waals surface area contributed by atoms with E-state index in [1.54, 1.807) is 6.08 Å². The number of esters is 1. The lowest BCUT2D eigenvalue weighted by Gasteiger charge is -2.40. The number of rotatable bonds is 50. The van der Waals surface area contributed by atoms with Gasteiger partial charge in [0.05, 0.1) is 32.0 Å². The molecule has 1 heterocycles. The molecule has 72 heavy (non-hydrogen) atoms. The van der Waals surface area contributed by atoms with Crippen LogP contribution in [0.2, 0.25) is 0 Å². The Kier molecular flexibility index (Phi) is 47.3. The third-order valence-corrected chi connectivity index (χ3v) is 13.6. The maximum absolute atomic E-state index is 13.0. The summed E-state index contributed by atoms with van der Waals surface area (Å²) in [5.41, 5.74) is 0. The second-order valence-corrected chi connectivity index (χ2v) is 20.3. The van der Waals surface area contributed by atoms with Crippen molar-refractivity contribution in [1.82, 2.24) is 5.32 Å². The van der Waals surface area contributed by atoms with Crippen LogP contribution in [0.25, 0.3) is 0 Å². The van der Waals surface area contributed by atoms with Crippen molar-refractivity contribution < 1.29 is 49.3 Å². The maximum atomic E-state index is 13.0. The fraction of sp³-hybridized carbons (Fsp3) is 0.803. The molecule has 0 radical (unpaired) electrons. The molecule has 0 aliphatic carbocycles. The van der Waals surface area contributed by atoms with Gasteiger partial charge in [0.25, 0.3) is 0 Å². The van der Waals surface area contributed by atoms with Crippen molar-refractivity contribution in [2.75, 3.05) is 19.8 Å². The molecule has 418 valence electrons. The van der Waals surface area contributed by atoms with Crippen molar-refractivity contribution in [3.8, 4) is 0 Å². The van der Waals surface area contributed by atoms with E-state index < -0.39 is 49.5 Å². The van der Waals surface area contributed by atoms with Crippen LogP contribution in [-0.4, -0.2) is 100 Å². The Labute approximate surface area is 439 Å². The molecule has 1 aliphatic heterocycles. The van der Waals surface area contributed by atoms with Crippen LogP contribution >= 0.6 is 0 Å². The number of carbonyl (C=O) groups excluding carboxylic acids is 2. The number of ether oxygens (including phenoxy) is 3. The molecule has 0 aromatic heterocycles. The Morgan fingerprint density at radius 2 is 0.986 bits per heavy atom. The molecule has 0 saturated carbocycles. The molecule has 1 aliphatic rings. The average molecular weight is 1020 g/mol. The van der Waals surface area contributed by atoms with Crippen molar-refractivity contribution in [2.24, 2.45) is 0 Å². The topological polar surface area (TPSA) is 175 Å². The first kappa shape index (κ1) is 67.4. The molecule has 1 amide bonds. The molecule has 11 nitrogen and oxygen atoms in total. The number of aliphatic hydroxyl groups excluding tert-OH is 5. The predicted molar refractivity (Wildman–Crippen MR) is 296 cm³/mol. The Morgan fingerprint density at radius 3 is 1.51 bits per heavy atom. The summed E-state index contributed by atoms with van der Waals surface area (Å²) in [5, 5.41) is 54.2. The fourth-order valence-corrected chi connectivity index (χ4v) is 8.96. The van der Waals surface area contributed by atoms with Gasteiger partial charge in [0.1, 0.15) is 24.4 Å². The monoisotopic (exact) mass is 1020 g/mol. The smallest absolute Gasteiger partial charge is 0.305 e. The van der Waals surface area contributed by atoms with E-state index in [0.29, 0.717) is 19.4 Å². The number of hydrogen-bond acceptors (Lipinski definition) is 10. The minimum Gasteiger partial charge on any atom is -0.465 e. The quantitative estimate of drug-likeness (QED) is 0.0195. The summed E-state index contributed by atoms with van der Waals surface area (Å²) >= 11 is 0. The van der Waals surface area contributed by atoms with Crippen molar-refractivity contribution in [3.05, 3.63) is 60.8 Å². The van der Waals surface area contributed by atoms with Crippen molar-refractivity contribution in [1.29, 1.82) is 0 Å². The van der Waals surface area contributed by atoms with Gasteiger partial charge < -0.3 is 45.1 Å². The zero-order valence-electron chi connectivity index (χ0n) is 45.9. The lowest BCUT2D eigenvalue weighted by atomic mass is 9.99. The number of aliphatic hydroxyl groups is 5. The van der Waals surface area contributed by atoms with Crippen LogP contribution in [0.4, 0.5) is 0 Å². The average Bonchev–Trinajstić information content (AvgIpc) is 3.38. The molecule has 0 aromatic carbocycles. The van der Waals surface area contributed by atoms with Crippen LogP contribution in [0.15, 0.2) is 60.8 Å². The number of nitrogens with one attached hydrogen (secondary N) is 1. The van der Waals surface area contributed by atoms with Gasteiger partial charge in [-0.15, -0.1) is 0 Å². The third kappa shape index (κ3) is 39.8.